The lowest BCUT2D eigenvalue weighted by molar-refractivity contribution is 0.0235. The maximum atomic E-state index is 12.1. The van der Waals surface area contributed by atoms with E-state index in [0.717, 1.165) is 32.5 Å². The molecule has 0 spiro atoms. The number of ether oxygens (including phenoxy) is 2. The first kappa shape index (κ1) is 17.2. The fourth-order valence-electron chi connectivity index (χ4n) is 2.02. The number of rotatable bonds is 8. The molecule has 1 aliphatic carbocycles. The van der Waals surface area contributed by atoms with E-state index < -0.39 is 5.60 Å². The molecule has 0 bridgehead atoms. The Hall–Kier alpha value is -0.810. The third-order valence-electron chi connectivity index (χ3n) is 3.09. The molecule has 0 aromatic rings. The lowest BCUT2D eigenvalue weighted by Crippen LogP contribution is -2.42. The number of methoxy groups -OCH3 is 1. The molecule has 1 atom stereocenters. The second-order valence-corrected chi connectivity index (χ2v) is 6.67. The van der Waals surface area contributed by atoms with Gasteiger partial charge in [0, 0.05) is 32.8 Å². The normalized spacial score (nSPS) is 16.9. The average molecular weight is 286 g/mol. The summed E-state index contributed by atoms with van der Waals surface area (Å²) in [5, 5.41) is 3.37. The van der Waals surface area contributed by atoms with E-state index in [9.17, 15) is 4.79 Å². The highest BCUT2D eigenvalue weighted by Gasteiger charge is 2.34. The number of nitrogens with zero attached hydrogens (tertiary/aromatic N) is 1. The molecule has 1 unspecified atom stereocenters. The Morgan fingerprint density at radius 1 is 1.40 bits per heavy atom. The lowest BCUT2D eigenvalue weighted by atomic mass is 10.2. The van der Waals surface area contributed by atoms with Crippen LogP contribution in [0.1, 0.15) is 40.5 Å². The van der Waals surface area contributed by atoms with Crippen molar-refractivity contribution in [2.24, 2.45) is 5.92 Å². The van der Waals surface area contributed by atoms with Crippen molar-refractivity contribution < 1.29 is 14.3 Å². The van der Waals surface area contributed by atoms with Crippen molar-refractivity contribution in [1.82, 2.24) is 10.2 Å². The van der Waals surface area contributed by atoms with Crippen LogP contribution in [0.5, 0.6) is 0 Å². The highest BCUT2D eigenvalue weighted by atomic mass is 16.6. The molecular weight excluding hydrogens is 256 g/mol. The van der Waals surface area contributed by atoms with Crippen molar-refractivity contribution in [2.75, 3.05) is 33.4 Å². The van der Waals surface area contributed by atoms with Crippen LogP contribution >= 0.6 is 0 Å². The molecule has 1 fully saturated rings. The van der Waals surface area contributed by atoms with Gasteiger partial charge in [0.2, 0.25) is 0 Å². The minimum atomic E-state index is -0.426. The van der Waals surface area contributed by atoms with Crippen LogP contribution in [-0.2, 0) is 9.47 Å². The molecular formula is C15H30N2O3. The van der Waals surface area contributed by atoms with E-state index in [1.54, 1.807) is 7.11 Å². The van der Waals surface area contributed by atoms with Gasteiger partial charge in [-0.25, -0.2) is 4.79 Å². The Labute approximate surface area is 123 Å². The van der Waals surface area contributed by atoms with Crippen LogP contribution in [0, 0.1) is 5.92 Å². The van der Waals surface area contributed by atoms with Crippen LogP contribution in [0.15, 0.2) is 0 Å². The zero-order valence-electron chi connectivity index (χ0n) is 13.6. The molecule has 1 N–H and O–H groups in total. The van der Waals surface area contributed by atoms with Crippen LogP contribution in [0.3, 0.4) is 0 Å². The predicted molar refractivity (Wildman–Crippen MR) is 79.9 cm³/mol. The van der Waals surface area contributed by atoms with Crippen molar-refractivity contribution in [3.63, 3.8) is 0 Å². The molecule has 0 radical (unpaired) electrons. The van der Waals surface area contributed by atoms with Gasteiger partial charge in [0.25, 0.3) is 0 Å². The monoisotopic (exact) mass is 286 g/mol. The maximum absolute atomic E-state index is 12.1. The third kappa shape index (κ3) is 7.10. The van der Waals surface area contributed by atoms with E-state index in [1.165, 1.54) is 0 Å². The number of carbonyl (C=O) groups excluding carboxylic acids is 1. The minimum Gasteiger partial charge on any atom is -0.444 e. The molecule has 1 aliphatic rings. The summed E-state index contributed by atoms with van der Waals surface area (Å²) in [6.07, 6.45) is 2.00. The van der Waals surface area contributed by atoms with E-state index >= 15 is 0 Å². The SMILES string of the molecule is COCC(C)CNCCN(C(=O)OC(C)(C)C)C1CC1. The minimum absolute atomic E-state index is 0.188. The largest absolute Gasteiger partial charge is 0.444 e. The first-order valence-electron chi connectivity index (χ1n) is 7.52. The Bertz CT molecular complexity index is 298. The first-order valence-corrected chi connectivity index (χ1v) is 7.52. The zero-order chi connectivity index (χ0) is 15.2. The average Bonchev–Trinajstić information content (AvgIpc) is 3.10. The number of hydrogen-bond acceptors (Lipinski definition) is 4. The number of nitrogens with one attached hydrogen (secondary N) is 1. The Morgan fingerprint density at radius 2 is 2.05 bits per heavy atom. The van der Waals surface area contributed by atoms with Gasteiger partial charge in [-0.3, -0.25) is 0 Å². The summed E-state index contributed by atoms with van der Waals surface area (Å²) in [6, 6.07) is 0.378. The standard InChI is InChI=1S/C15H30N2O3/c1-12(11-19-5)10-16-8-9-17(13-6-7-13)14(18)20-15(2,3)4/h12-13,16H,6-11H2,1-5H3. The molecule has 1 amide bonds. The molecule has 5 nitrogen and oxygen atoms in total. The van der Waals surface area contributed by atoms with Crippen molar-refractivity contribution in [3.8, 4) is 0 Å². The Morgan fingerprint density at radius 3 is 2.55 bits per heavy atom. The summed E-state index contributed by atoms with van der Waals surface area (Å²) < 4.78 is 10.6. The molecule has 0 saturated heterocycles. The number of carbonyl (C=O) groups is 1. The maximum Gasteiger partial charge on any atom is 0.410 e. The van der Waals surface area contributed by atoms with Gasteiger partial charge >= 0.3 is 6.09 Å². The molecule has 5 heteroatoms. The fourth-order valence-corrected chi connectivity index (χ4v) is 2.02. The first-order chi connectivity index (χ1) is 9.33. The summed E-state index contributed by atoms with van der Waals surface area (Å²) in [4.78, 5) is 14.0. The van der Waals surface area contributed by atoms with Gasteiger partial charge < -0.3 is 19.7 Å². The van der Waals surface area contributed by atoms with Crippen molar-refractivity contribution in [3.05, 3.63) is 0 Å². The molecule has 118 valence electrons. The van der Waals surface area contributed by atoms with E-state index in [-0.39, 0.29) is 6.09 Å². The second-order valence-electron chi connectivity index (χ2n) is 6.67. The summed E-state index contributed by atoms with van der Waals surface area (Å²) in [6.45, 7) is 11.0. The van der Waals surface area contributed by atoms with Gasteiger partial charge in [-0.05, 0) is 46.1 Å². The molecule has 0 aromatic heterocycles. The van der Waals surface area contributed by atoms with Crippen molar-refractivity contribution in [2.45, 2.75) is 52.2 Å². The van der Waals surface area contributed by atoms with Crippen molar-refractivity contribution >= 4 is 6.09 Å². The van der Waals surface area contributed by atoms with E-state index in [4.69, 9.17) is 9.47 Å². The second kappa shape index (κ2) is 7.84. The Kier molecular flexibility index (Phi) is 6.76. The van der Waals surface area contributed by atoms with Gasteiger partial charge in [0.1, 0.15) is 5.60 Å². The summed E-state index contributed by atoms with van der Waals surface area (Å²) >= 11 is 0. The quantitative estimate of drug-likeness (QED) is 0.695. The summed E-state index contributed by atoms with van der Waals surface area (Å²) in [5.74, 6) is 0.482. The van der Waals surface area contributed by atoms with Crippen LogP contribution < -0.4 is 5.32 Å². The molecule has 20 heavy (non-hydrogen) atoms. The van der Waals surface area contributed by atoms with Gasteiger partial charge in [0.15, 0.2) is 0 Å². The smallest absolute Gasteiger partial charge is 0.410 e. The molecule has 1 saturated carbocycles. The van der Waals surface area contributed by atoms with Crippen LogP contribution in [-0.4, -0.2) is 56.0 Å². The lowest BCUT2D eigenvalue weighted by Gasteiger charge is -2.27. The molecule has 1 rings (SSSR count). The van der Waals surface area contributed by atoms with E-state index in [2.05, 4.69) is 12.2 Å². The predicted octanol–water partition coefficient (Wildman–Crippen LogP) is 2.26. The van der Waals surface area contributed by atoms with Crippen molar-refractivity contribution in [1.29, 1.82) is 0 Å². The van der Waals surface area contributed by atoms with Crippen LogP contribution in [0.4, 0.5) is 4.79 Å². The van der Waals surface area contributed by atoms with Gasteiger partial charge in [0.05, 0.1) is 0 Å². The number of hydrogen-bond donors (Lipinski definition) is 1. The highest BCUT2D eigenvalue weighted by Crippen LogP contribution is 2.27. The van der Waals surface area contributed by atoms with Gasteiger partial charge in [-0.1, -0.05) is 6.92 Å². The van der Waals surface area contributed by atoms with Gasteiger partial charge in [-0.15, -0.1) is 0 Å². The summed E-state index contributed by atoms with van der Waals surface area (Å²) in [5.41, 5.74) is -0.426. The third-order valence-corrected chi connectivity index (χ3v) is 3.09. The fraction of sp³-hybridized carbons (Fsp3) is 0.933. The molecule has 0 aromatic carbocycles. The summed E-state index contributed by atoms with van der Waals surface area (Å²) in [7, 11) is 1.72. The Balaban J connectivity index is 2.28. The highest BCUT2D eigenvalue weighted by molar-refractivity contribution is 5.69. The topological polar surface area (TPSA) is 50.8 Å². The van der Waals surface area contributed by atoms with Gasteiger partial charge in [-0.2, -0.15) is 0 Å². The van der Waals surface area contributed by atoms with E-state index in [0.29, 0.717) is 18.5 Å². The van der Waals surface area contributed by atoms with E-state index in [1.807, 2.05) is 25.7 Å². The molecule has 0 aliphatic heterocycles. The van der Waals surface area contributed by atoms with Crippen LogP contribution in [0.2, 0.25) is 0 Å². The zero-order valence-corrected chi connectivity index (χ0v) is 13.6. The number of amides is 1. The van der Waals surface area contributed by atoms with Crippen LogP contribution in [0.25, 0.3) is 0 Å². The molecule has 0 heterocycles.